The number of carboxylic acids is 1. The fraction of sp³-hybridized carbons (Fsp3) is 0.273. The van der Waals surface area contributed by atoms with Gasteiger partial charge in [0.1, 0.15) is 6.04 Å². The number of hydrogen-bond acceptors (Lipinski definition) is 4. The van der Waals surface area contributed by atoms with Gasteiger partial charge < -0.3 is 15.7 Å². The maximum Gasteiger partial charge on any atom is 0.325 e. The maximum absolute atomic E-state index is 11.5. The lowest BCUT2D eigenvalue weighted by Crippen LogP contribution is -2.44. The molecule has 3 N–H and O–H groups in total. The van der Waals surface area contributed by atoms with E-state index in [1.807, 2.05) is 0 Å². The van der Waals surface area contributed by atoms with Crippen molar-refractivity contribution < 1.29 is 19.5 Å². The summed E-state index contributed by atoms with van der Waals surface area (Å²) >= 11 is 0. The number of carbonyl (C=O) groups is 3. The second-order valence-corrected chi connectivity index (χ2v) is 3.55. The number of nitrogens with zero attached hydrogens (tertiary/aromatic N) is 1. The molecule has 18 heavy (non-hydrogen) atoms. The number of nitrogens with one attached hydrogen (secondary N) is 2. The van der Waals surface area contributed by atoms with Crippen molar-refractivity contribution in [2.24, 2.45) is 0 Å². The second-order valence-electron chi connectivity index (χ2n) is 3.55. The molecule has 0 radical (unpaired) electrons. The van der Waals surface area contributed by atoms with Crippen molar-refractivity contribution in [3.8, 4) is 0 Å². The van der Waals surface area contributed by atoms with Gasteiger partial charge in [0.15, 0.2) is 0 Å². The van der Waals surface area contributed by atoms with Gasteiger partial charge in [-0.1, -0.05) is 0 Å². The first-order valence-electron chi connectivity index (χ1n) is 5.21. The van der Waals surface area contributed by atoms with E-state index in [4.69, 9.17) is 5.11 Å². The van der Waals surface area contributed by atoms with E-state index in [1.165, 1.54) is 19.3 Å². The van der Waals surface area contributed by atoms with Crippen molar-refractivity contribution in [1.29, 1.82) is 0 Å². The highest BCUT2D eigenvalue weighted by molar-refractivity contribution is 5.96. The average Bonchev–Trinajstić information content (AvgIpc) is 2.36. The van der Waals surface area contributed by atoms with Crippen LogP contribution in [0.4, 0.5) is 0 Å². The first-order valence-corrected chi connectivity index (χ1v) is 5.21. The van der Waals surface area contributed by atoms with E-state index < -0.39 is 23.8 Å². The van der Waals surface area contributed by atoms with Crippen LogP contribution in [-0.2, 0) is 9.59 Å². The summed E-state index contributed by atoms with van der Waals surface area (Å²) in [5.74, 6) is -2.15. The number of hydrogen-bond donors (Lipinski definition) is 3. The fourth-order valence-electron chi connectivity index (χ4n) is 1.11. The van der Waals surface area contributed by atoms with Crippen LogP contribution < -0.4 is 10.6 Å². The van der Waals surface area contributed by atoms with Gasteiger partial charge in [0.25, 0.3) is 5.91 Å². The molecule has 0 aliphatic carbocycles. The molecule has 0 aliphatic heterocycles. The molecule has 0 saturated carbocycles. The number of carbonyl (C=O) groups excluding carboxylic acids is 2. The smallest absolute Gasteiger partial charge is 0.325 e. The summed E-state index contributed by atoms with van der Waals surface area (Å²) in [6.07, 6.45) is 2.89. The Kier molecular flexibility index (Phi) is 4.79. The van der Waals surface area contributed by atoms with Gasteiger partial charge in [0, 0.05) is 12.4 Å². The summed E-state index contributed by atoms with van der Waals surface area (Å²) in [4.78, 5) is 37.1. The van der Waals surface area contributed by atoms with Crippen LogP contribution in [0.15, 0.2) is 24.5 Å². The quantitative estimate of drug-likeness (QED) is 0.647. The predicted molar refractivity (Wildman–Crippen MR) is 61.8 cm³/mol. The summed E-state index contributed by atoms with van der Waals surface area (Å²) in [7, 11) is 0. The molecule has 1 heterocycles. The van der Waals surface area contributed by atoms with E-state index in [1.54, 1.807) is 12.1 Å². The van der Waals surface area contributed by atoms with E-state index >= 15 is 0 Å². The largest absolute Gasteiger partial charge is 0.480 e. The van der Waals surface area contributed by atoms with Crippen LogP contribution in [0.25, 0.3) is 0 Å². The molecule has 0 spiro atoms. The van der Waals surface area contributed by atoms with E-state index in [0.29, 0.717) is 5.56 Å². The summed E-state index contributed by atoms with van der Waals surface area (Å²) in [5.41, 5.74) is 0.330. The lowest BCUT2D eigenvalue weighted by molar-refractivity contribution is -0.141. The van der Waals surface area contributed by atoms with E-state index in [9.17, 15) is 14.4 Å². The van der Waals surface area contributed by atoms with Gasteiger partial charge in [-0.2, -0.15) is 0 Å². The number of aromatic nitrogens is 1. The van der Waals surface area contributed by atoms with Crippen LogP contribution in [0.2, 0.25) is 0 Å². The molecule has 7 heteroatoms. The van der Waals surface area contributed by atoms with Crippen LogP contribution in [-0.4, -0.2) is 40.5 Å². The molecule has 96 valence electrons. The molecule has 0 saturated heterocycles. The van der Waals surface area contributed by atoms with Crippen molar-refractivity contribution in [2.45, 2.75) is 13.0 Å². The molecule has 2 amide bonds. The Morgan fingerprint density at radius 2 is 2.17 bits per heavy atom. The third-order valence-corrected chi connectivity index (χ3v) is 2.08. The van der Waals surface area contributed by atoms with Crippen molar-refractivity contribution in [3.05, 3.63) is 30.1 Å². The van der Waals surface area contributed by atoms with Crippen LogP contribution in [0.5, 0.6) is 0 Å². The summed E-state index contributed by atoms with van der Waals surface area (Å²) in [6.45, 7) is 1.05. The Bertz CT molecular complexity index is 447. The van der Waals surface area contributed by atoms with Crippen molar-refractivity contribution in [3.63, 3.8) is 0 Å². The lowest BCUT2D eigenvalue weighted by Gasteiger charge is -2.09. The molecular weight excluding hydrogens is 238 g/mol. The number of pyridine rings is 1. The van der Waals surface area contributed by atoms with Gasteiger partial charge >= 0.3 is 5.97 Å². The van der Waals surface area contributed by atoms with E-state index in [-0.39, 0.29) is 6.54 Å². The Morgan fingerprint density at radius 1 is 1.44 bits per heavy atom. The number of rotatable bonds is 5. The number of carboxylic acid groups (broad SMARTS) is 1. The molecule has 7 nitrogen and oxygen atoms in total. The van der Waals surface area contributed by atoms with E-state index in [2.05, 4.69) is 15.6 Å². The number of aliphatic carboxylic acids is 1. The van der Waals surface area contributed by atoms with Gasteiger partial charge in [-0.3, -0.25) is 19.4 Å². The molecule has 1 aromatic heterocycles. The molecule has 1 atom stereocenters. The minimum Gasteiger partial charge on any atom is -0.480 e. The minimum absolute atomic E-state index is 0.286. The SMILES string of the molecule is CC(NC(=O)CNC(=O)c1cccnc1)C(=O)O. The van der Waals surface area contributed by atoms with Crippen molar-refractivity contribution >= 4 is 17.8 Å². The minimum atomic E-state index is -1.14. The molecule has 0 fully saturated rings. The first-order chi connectivity index (χ1) is 8.50. The van der Waals surface area contributed by atoms with Gasteiger partial charge in [0.2, 0.25) is 5.91 Å². The van der Waals surface area contributed by atoms with Crippen molar-refractivity contribution in [1.82, 2.24) is 15.6 Å². The van der Waals surface area contributed by atoms with Crippen LogP contribution >= 0.6 is 0 Å². The molecule has 0 aliphatic rings. The molecule has 1 unspecified atom stereocenters. The normalized spacial score (nSPS) is 11.4. The van der Waals surface area contributed by atoms with Crippen LogP contribution in [0.3, 0.4) is 0 Å². The lowest BCUT2D eigenvalue weighted by atomic mass is 10.2. The Hall–Kier alpha value is -2.44. The fourth-order valence-corrected chi connectivity index (χ4v) is 1.11. The Labute approximate surface area is 103 Å². The monoisotopic (exact) mass is 251 g/mol. The van der Waals surface area contributed by atoms with Gasteiger partial charge in [-0.05, 0) is 19.1 Å². The Balaban J connectivity index is 2.40. The van der Waals surface area contributed by atoms with Crippen LogP contribution in [0.1, 0.15) is 17.3 Å². The predicted octanol–water partition coefficient (Wildman–Crippen LogP) is -0.599. The van der Waals surface area contributed by atoms with Crippen LogP contribution in [0, 0.1) is 0 Å². The molecule has 0 aromatic carbocycles. The first kappa shape index (κ1) is 13.6. The van der Waals surface area contributed by atoms with Gasteiger partial charge in [-0.25, -0.2) is 0 Å². The third-order valence-electron chi connectivity index (χ3n) is 2.08. The number of amides is 2. The third kappa shape index (κ3) is 4.20. The highest BCUT2D eigenvalue weighted by Crippen LogP contribution is 1.94. The molecular formula is C11H13N3O4. The van der Waals surface area contributed by atoms with E-state index in [0.717, 1.165) is 0 Å². The second kappa shape index (κ2) is 6.33. The summed E-state index contributed by atoms with van der Waals surface area (Å²) < 4.78 is 0. The Morgan fingerprint density at radius 3 is 2.72 bits per heavy atom. The zero-order chi connectivity index (χ0) is 13.5. The zero-order valence-electron chi connectivity index (χ0n) is 9.71. The molecule has 1 rings (SSSR count). The topological polar surface area (TPSA) is 108 Å². The zero-order valence-corrected chi connectivity index (χ0v) is 9.71. The molecule has 0 bridgehead atoms. The molecule has 1 aromatic rings. The average molecular weight is 251 g/mol. The highest BCUT2D eigenvalue weighted by atomic mass is 16.4. The summed E-state index contributed by atoms with van der Waals surface area (Å²) in [6, 6.07) is 2.16. The van der Waals surface area contributed by atoms with Crippen molar-refractivity contribution in [2.75, 3.05) is 6.54 Å². The standard InChI is InChI=1S/C11H13N3O4/c1-7(11(17)18)14-9(15)6-13-10(16)8-3-2-4-12-5-8/h2-5,7H,6H2,1H3,(H,13,16)(H,14,15)(H,17,18). The van der Waals surface area contributed by atoms with Gasteiger partial charge in [0.05, 0.1) is 12.1 Å². The van der Waals surface area contributed by atoms with Gasteiger partial charge in [-0.15, -0.1) is 0 Å². The maximum atomic E-state index is 11.5. The highest BCUT2D eigenvalue weighted by Gasteiger charge is 2.14. The summed E-state index contributed by atoms with van der Waals surface area (Å²) in [5, 5.41) is 13.2.